The van der Waals surface area contributed by atoms with Crippen molar-refractivity contribution in [3.8, 4) is 12.3 Å². The van der Waals surface area contributed by atoms with Crippen molar-refractivity contribution in [2.24, 2.45) is 11.3 Å². The van der Waals surface area contributed by atoms with Gasteiger partial charge in [0.25, 0.3) is 0 Å². The van der Waals surface area contributed by atoms with E-state index < -0.39 is 5.12 Å². The molecular weight excluding hydrogens is 268 g/mol. The van der Waals surface area contributed by atoms with Crippen LogP contribution in [0.4, 0.5) is 0 Å². The summed E-state index contributed by atoms with van der Waals surface area (Å²) in [5.41, 5.74) is 2.23. The van der Waals surface area contributed by atoms with E-state index in [1.54, 1.807) is 0 Å². The van der Waals surface area contributed by atoms with E-state index in [9.17, 15) is 0 Å². The quantitative estimate of drug-likeness (QED) is 0.777. The number of thioether (sulfide) groups is 1. The molecule has 0 amide bonds. The second kappa shape index (κ2) is 4.53. The van der Waals surface area contributed by atoms with Gasteiger partial charge in [-0.05, 0) is 30.9 Å². The Morgan fingerprint density at radius 2 is 1.85 bits per heavy atom. The summed E-state index contributed by atoms with van der Waals surface area (Å²) in [6.45, 7) is 1.67. The SMILES string of the molecule is C#Cc1ccc(C23OCC(C4CCC4)(CO2)CS3)cc1. The molecule has 2 nitrogen and oxygen atoms in total. The summed E-state index contributed by atoms with van der Waals surface area (Å²) >= 11 is 1.81. The van der Waals surface area contributed by atoms with Crippen molar-refractivity contribution in [3.05, 3.63) is 35.4 Å². The Morgan fingerprint density at radius 3 is 2.30 bits per heavy atom. The second-order valence-corrected chi connectivity index (χ2v) is 7.25. The molecule has 20 heavy (non-hydrogen) atoms. The lowest BCUT2D eigenvalue weighted by Gasteiger charge is -2.56. The molecule has 104 valence electrons. The molecule has 4 aliphatic rings. The second-order valence-electron chi connectivity index (χ2n) is 6.13. The van der Waals surface area contributed by atoms with Crippen molar-refractivity contribution in [2.75, 3.05) is 19.0 Å². The maximum absolute atomic E-state index is 6.17. The molecule has 3 heterocycles. The normalized spacial score (nSPS) is 36.4. The van der Waals surface area contributed by atoms with E-state index in [2.05, 4.69) is 5.92 Å². The minimum atomic E-state index is -0.599. The summed E-state index contributed by atoms with van der Waals surface area (Å²) in [7, 11) is 0. The van der Waals surface area contributed by atoms with Gasteiger partial charge in [-0.1, -0.05) is 36.2 Å². The van der Waals surface area contributed by atoms with Crippen LogP contribution in [0.5, 0.6) is 0 Å². The van der Waals surface area contributed by atoms with E-state index in [1.165, 1.54) is 19.3 Å². The van der Waals surface area contributed by atoms with Crippen LogP contribution in [0.2, 0.25) is 0 Å². The van der Waals surface area contributed by atoms with E-state index in [-0.39, 0.29) is 5.41 Å². The molecule has 0 N–H and O–H groups in total. The predicted octanol–water partition coefficient (Wildman–Crippen LogP) is 3.36. The molecule has 0 spiro atoms. The van der Waals surface area contributed by atoms with Crippen LogP contribution in [-0.2, 0) is 14.6 Å². The summed E-state index contributed by atoms with van der Waals surface area (Å²) in [6.07, 6.45) is 9.47. The van der Waals surface area contributed by atoms with Gasteiger partial charge < -0.3 is 9.47 Å². The molecule has 1 saturated carbocycles. The van der Waals surface area contributed by atoms with Gasteiger partial charge in [0.1, 0.15) is 0 Å². The number of rotatable bonds is 2. The van der Waals surface area contributed by atoms with Crippen LogP contribution >= 0.6 is 11.8 Å². The zero-order chi connectivity index (χ0) is 13.6. The van der Waals surface area contributed by atoms with E-state index in [4.69, 9.17) is 15.9 Å². The highest BCUT2D eigenvalue weighted by Gasteiger charge is 2.56. The van der Waals surface area contributed by atoms with Crippen molar-refractivity contribution < 1.29 is 9.47 Å². The molecule has 0 unspecified atom stereocenters. The summed E-state index contributed by atoms with van der Waals surface area (Å²) < 4.78 is 12.3. The molecule has 3 saturated heterocycles. The molecule has 1 aromatic rings. The molecule has 3 aliphatic heterocycles. The highest BCUT2D eigenvalue weighted by atomic mass is 32.2. The van der Waals surface area contributed by atoms with E-state index in [0.29, 0.717) is 0 Å². The minimum absolute atomic E-state index is 0.267. The van der Waals surface area contributed by atoms with Gasteiger partial charge in [-0.15, -0.1) is 6.42 Å². The topological polar surface area (TPSA) is 18.5 Å². The van der Waals surface area contributed by atoms with E-state index >= 15 is 0 Å². The fourth-order valence-corrected chi connectivity index (χ4v) is 4.83. The number of terminal acetylenes is 1. The third kappa shape index (κ3) is 1.75. The van der Waals surface area contributed by atoms with Crippen LogP contribution < -0.4 is 0 Å². The first-order valence-electron chi connectivity index (χ1n) is 7.25. The smallest absolute Gasteiger partial charge is 0.245 e. The molecule has 5 rings (SSSR count). The number of fused-ring (bicyclic) bond motifs is 3. The lowest BCUT2D eigenvalue weighted by Crippen LogP contribution is -2.57. The maximum atomic E-state index is 6.17. The average Bonchev–Trinajstić information content (AvgIpc) is 2.47. The first kappa shape index (κ1) is 12.8. The van der Waals surface area contributed by atoms with Crippen molar-refractivity contribution in [3.63, 3.8) is 0 Å². The first-order chi connectivity index (χ1) is 9.76. The molecule has 1 aromatic carbocycles. The molecule has 0 aromatic heterocycles. The Balaban J connectivity index is 1.57. The summed E-state index contributed by atoms with van der Waals surface area (Å²) in [5, 5.41) is -0.599. The molecular formula is C17H18O2S. The van der Waals surface area contributed by atoms with Gasteiger partial charge in [0, 0.05) is 22.3 Å². The van der Waals surface area contributed by atoms with Crippen LogP contribution in [0.1, 0.15) is 30.4 Å². The summed E-state index contributed by atoms with van der Waals surface area (Å²) in [5.74, 6) is 4.60. The molecule has 3 heteroatoms. The van der Waals surface area contributed by atoms with Gasteiger partial charge in [-0.2, -0.15) is 0 Å². The largest absolute Gasteiger partial charge is 0.337 e. The maximum Gasteiger partial charge on any atom is 0.245 e. The Labute approximate surface area is 124 Å². The summed E-state index contributed by atoms with van der Waals surface area (Å²) in [4.78, 5) is 0. The fraction of sp³-hybridized carbons (Fsp3) is 0.529. The number of hydrogen-bond acceptors (Lipinski definition) is 3. The number of hydrogen-bond donors (Lipinski definition) is 0. The van der Waals surface area contributed by atoms with Crippen LogP contribution in [0.3, 0.4) is 0 Å². The highest BCUT2D eigenvalue weighted by molar-refractivity contribution is 8.00. The van der Waals surface area contributed by atoms with Crippen LogP contribution in [0.25, 0.3) is 0 Å². The van der Waals surface area contributed by atoms with Crippen LogP contribution in [0.15, 0.2) is 24.3 Å². The number of benzene rings is 1. The third-order valence-corrected chi connectivity index (χ3v) is 6.60. The van der Waals surface area contributed by atoms with E-state index in [0.717, 1.165) is 36.0 Å². The average molecular weight is 286 g/mol. The first-order valence-corrected chi connectivity index (χ1v) is 8.24. The van der Waals surface area contributed by atoms with Crippen molar-refractivity contribution in [2.45, 2.75) is 24.4 Å². The van der Waals surface area contributed by atoms with Crippen LogP contribution in [0, 0.1) is 23.7 Å². The molecule has 4 fully saturated rings. The molecule has 1 aliphatic carbocycles. The lowest BCUT2D eigenvalue weighted by atomic mass is 9.66. The van der Waals surface area contributed by atoms with Crippen LogP contribution in [-0.4, -0.2) is 19.0 Å². The summed E-state index contributed by atoms with van der Waals surface area (Å²) in [6, 6.07) is 7.98. The Morgan fingerprint density at radius 1 is 1.15 bits per heavy atom. The minimum Gasteiger partial charge on any atom is -0.337 e. The van der Waals surface area contributed by atoms with Gasteiger partial charge in [-0.25, -0.2) is 0 Å². The van der Waals surface area contributed by atoms with Gasteiger partial charge in [0.05, 0.1) is 13.2 Å². The zero-order valence-corrected chi connectivity index (χ0v) is 12.2. The molecule has 0 atom stereocenters. The highest BCUT2D eigenvalue weighted by Crippen LogP contribution is 2.58. The Hall–Kier alpha value is -0.950. The zero-order valence-electron chi connectivity index (χ0n) is 11.4. The Bertz CT molecular complexity index is 529. The lowest BCUT2D eigenvalue weighted by molar-refractivity contribution is -0.279. The molecule has 0 radical (unpaired) electrons. The van der Waals surface area contributed by atoms with Gasteiger partial charge >= 0.3 is 0 Å². The van der Waals surface area contributed by atoms with E-state index in [1.807, 2.05) is 36.0 Å². The standard InChI is InChI=1S/C17H18O2S/c1-2-13-6-8-15(9-7-13)17-18-10-16(11-19-17,12-20-17)14-4-3-5-14/h1,6-9,14H,3-5,10-12H2. The monoisotopic (exact) mass is 286 g/mol. The van der Waals surface area contributed by atoms with Crippen molar-refractivity contribution in [1.82, 2.24) is 0 Å². The van der Waals surface area contributed by atoms with Crippen molar-refractivity contribution >= 4 is 11.8 Å². The third-order valence-electron chi connectivity index (χ3n) is 5.03. The fourth-order valence-electron chi connectivity index (χ4n) is 3.36. The van der Waals surface area contributed by atoms with Gasteiger partial charge in [0.2, 0.25) is 5.12 Å². The molecule has 2 bridgehead atoms. The van der Waals surface area contributed by atoms with Gasteiger partial charge in [-0.3, -0.25) is 0 Å². The predicted molar refractivity (Wildman–Crippen MR) is 80.2 cm³/mol. The number of ether oxygens (including phenoxy) is 2. The van der Waals surface area contributed by atoms with Gasteiger partial charge in [0.15, 0.2) is 0 Å². The van der Waals surface area contributed by atoms with Crippen molar-refractivity contribution in [1.29, 1.82) is 0 Å². The Kier molecular flexibility index (Phi) is 2.89.